The molecule has 0 radical (unpaired) electrons. The molecule has 1 heterocycles. The molecule has 0 amide bonds. The van der Waals surface area contributed by atoms with Crippen molar-refractivity contribution in [1.82, 2.24) is 9.97 Å². The number of halogens is 3. The first-order valence-corrected chi connectivity index (χ1v) is 3.03. The summed E-state index contributed by atoms with van der Waals surface area (Å²) in [5.41, 5.74) is 1.56. The number of hydrogen-bond acceptors (Lipinski definition) is 1. The number of H-pyrrole nitrogens is 2. The van der Waals surface area contributed by atoms with Crippen LogP contribution < -0.4 is 5.69 Å². The average Bonchev–Trinajstić information content (AvgIpc) is 2.27. The van der Waals surface area contributed by atoms with Gasteiger partial charge in [-0.25, -0.2) is 4.79 Å². The van der Waals surface area contributed by atoms with Crippen molar-refractivity contribution in [3.63, 3.8) is 0 Å². The summed E-state index contributed by atoms with van der Waals surface area (Å²) in [5.74, 6) is 0. The fraction of sp³-hybridized carbons (Fsp3) is 0. The summed E-state index contributed by atoms with van der Waals surface area (Å²) in [6.07, 6.45) is 0. The lowest BCUT2D eigenvalue weighted by atomic mass is 10.3. The maximum atomic E-state index is 10.7. The van der Waals surface area contributed by atoms with Gasteiger partial charge in [0, 0.05) is 0 Å². The second-order valence-corrected chi connectivity index (χ2v) is 2.12. The van der Waals surface area contributed by atoms with Gasteiger partial charge in [0.25, 0.3) is 0 Å². The van der Waals surface area contributed by atoms with Gasteiger partial charge in [0.2, 0.25) is 0 Å². The summed E-state index contributed by atoms with van der Waals surface area (Å²) >= 11 is 0. The molecule has 0 aliphatic carbocycles. The van der Waals surface area contributed by atoms with Crippen molar-refractivity contribution in [3.8, 4) is 0 Å². The van der Waals surface area contributed by atoms with E-state index in [4.69, 9.17) is 0 Å². The monoisotopic (exact) mass is 242 g/mol. The van der Waals surface area contributed by atoms with Crippen LogP contribution in [0.25, 0.3) is 11.0 Å². The predicted octanol–water partition coefficient (Wildman–Crippen LogP) is 2.12. The second kappa shape index (κ2) is 5.91. The van der Waals surface area contributed by atoms with Crippen LogP contribution in [0.5, 0.6) is 0 Å². The molecule has 74 valence electrons. The molecule has 0 aliphatic rings. The molecule has 0 aliphatic heterocycles. The molecule has 13 heavy (non-hydrogen) atoms. The van der Waals surface area contributed by atoms with E-state index < -0.39 is 0 Å². The van der Waals surface area contributed by atoms with Crippen LogP contribution in [0, 0.1) is 0 Å². The van der Waals surface area contributed by atoms with Crippen LogP contribution in [0.4, 0.5) is 0 Å². The summed E-state index contributed by atoms with van der Waals surface area (Å²) in [6, 6.07) is 7.47. The highest BCUT2D eigenvalue weighted by Crippen LogP contribution is 2.03. The molecule has 2 rings (SSSR count). The van der Waals surface area contributed by atoms with E-state index in [1.165, 1.54) is 0 Å². The van der Waals surface area contributed by atoms with Crippen molar-refractivity contribution < 1.29 is 0 Å². The summed E-state index contributed by atoms with van der Waals surface area (Å²) in [5, 5.41) is 0. The average molecular weight is 244 g/mol. The standard InChI is InChI=1S/C7H6N2O.3ClH/c10-7-8-5-3-1-2-4-6(5)9-7;;;/h1-4H,(H2,8,9,10);3*1H. The molecule has 3 nitrogen and oxygen atoms in total. The fourth-order valence-corrected chi connectivity index (χ4v) is 0.977. The molecule has 0 unspecified atom stereocenters. The first kappa shape index (κ1) is 14.9. The SMILES string of the molecule is Cl.Cl.Cl.O=c1[nH]c2ccccc2[nH]1. The largest absolute Gasteiger partial charge is 0.323 e. The summed E-state index contributed by atoms with van der Waals surface area (Å²) in [7, 11) is 0. The Kier molecular flexibility index (Phi) is 6.76. The van der Waals surface area contributed by atoms with Gasteiger partial charge in [0.05, 0.1) is 11.0 Å². The quantitative estimate of drug-likeness (QED) is 0.732. The number of para-hydroxylation sites is 2. The molecule has 1 aromatic carbocycles. The number of hydrogen-bond donors (Lipinski definition) is 2. The number of rotatable bonds is 0. The Morgan fingerprint density at radius 1 is 0.846 bits per heavy atom. The zero-order chi connectivity index (χ0) is 6.97. The van der Waals surface area contributed by atoms with Gasteiger partial charge in [-0.15, -0.1) is 37.2 Å². The van der Waals surface area contributed by atoms with Crippen molar-refractivity contribution in [2.24, 2.45) is 0 Å². The van der Waals surface area contributed by atoms with Gasteiger partial charge in [0.1, 0.15) is 0 Å². The first-order valence-electron chi connectivity index (χ1n) is 3.03. The van der Waals surface area contributed by atoms with E-state index in [2.05, 4.69) is 9.97 Å². The van der Waals surface area contributed by atoms with Gasteiger partial charge in [-0.3, -0.25) is 0 Å². The van der Waals surface area contributed by atoms with E-state index in [9.17, 15) is 4.79 Å². The van der Waals surface area contributed by atoms with Gasteiger partial charge in [0.15, 0.2) is 0 Å². The van der Waals surface area contributed by atoms with Crippen LogP contribution in [0.3, 0.4) is 0 Å². The highest BCUT2D eigenvalue weighted by atomic mass is 35.5. The summed E-state index contributed by atoms with van der Waals surface area (Å²) in [4.78, 5) is 16.0. The molecule has 2 aromatic rings. The van der Waals surface area contributed by atoms with Crippen LogP contribution in [0.1, 0.15) is 0 Å². The third kappa shape index (κ3) is 2.95. The Hall–Kier alpha value is -0.640. The normalized spacial score (nSPS) is 8.00. The number of imidazole rings is 1. The third-order valence-electron chi connectivity index (χ3n) is 1.42. The van der Waals surface area contributed by atoms with Gasteiger partial charge in [-0.1, -0.05) is 12.1 Å². The van der Waals surface area contributed by atoms with E-state index in [-0.39, 0.29) is 42.9 Å². The molecule has 0 saturated carbocycles. The molecular formula is C7H9Cl3N2O. The lowest BCUT2D eigenvalue weighted by Crippen LogP contribution is -1.99. The minimum Gasteiger partial charge on any atom is -0.306 e. The van der Waals surface area contributed by atoms with E-state index in [0.29, 0.717) is 0 Å². The Balaban J connectivity index is 0. The Morgan fingerprint density at radius 3 is 1.62 bits per heavy atom. The minimum absolute atomic E-state index is 0. The number of benzene rings is 1. The first-order chi connectivity index (χ1) is 4.86. The smallest absolute Gasteiger partial charge is 0.306 e. The Labute approximate surface area is 93.2 Å². The van der Waals surface area contributed by atoms with Gasteiger partial charge in [-0.05, 0) is 12.1 Å². The number of aromatic nitrogens is 2. The molecule has 0 spiro atoms. The highest BCUT2D eigenvalue weighted by Gasteiger charge is 1.92. The van der Waals surface area contributed by atoms with Gasteiger partial charge in [-0.2, -0.15) is 0 Å². The van der Waals surface area contributed by atoms with Crippen molar-refractivity contribution in [2.45, 2.75) is 0 Å². The van der Waals surface area contributed by atoms with Crippen molar-refractivity contribution >= 4 is 48.3 Å². The highest BCUT2D eigenvalue weighted by molar-refractivity contribution is 5.86. The van der Waals surface area contributed by atoms with Gasteiger partial charge >= 0.3 is 5.69 Å². The maximum absolute atomic E-state index is 10.7. The molecule has 1 aromatic heterocycles. The number of aromatic amines is 2. The van der Waals surface area contributed by atoms with Crippen LogP contribution in [-0.2, 0) is 0 Å². The van der Waals surface area contributed by atoms with Crippen molar-refractivity contribution in [2.75, 3.05) is 0 Å². The number of fused-ring (bicyclic) bond motifs is 1. The van der Waals surface area contributed by atoms with Crippen LogP contribution in [0.15, 0.2) is 29.1 Å². The Morgan fingerprint density at radius 2 is 1.23 bits per heavy atom. The number of nitrogens with one attached hydrogen (secondary N) is 2. The second-order valence-electron chi connectivity index (χ2n) is 2.12. The molecule has 0 bridgehead atoms. The predicted molar refractivity (Wildman–Crippen MR) is 60.7 cm³/mol. The molecule has 6 heteroatoms. The van der Waals surface area contributed by atoms with Gasteiger partial charge < -0.3 is 9.97 Å². The molecule has 0 atom stereocenters. The van der Waals surface area contributed by atoms with E-state index in [1.54, 1.807) is 0 Å². The lowest BCUT2D eigenvalue weighted by Gasteiger charge is -1.81. The van der Waals surface area contributed by atoms with Crippen LogP contribution in [0.2, 0.25) is 0 Å². The van der Waals surface area contributed by atoms with Crippen LogP contribution in [-0.4, -0.2) is 9.97 Å². The fourth-order valence-electron chi connectivity index (χ4n) is 0.977. The molecular weight excluding hydrogens is 234 g/mol. The zero-order valence-electron chi connectivity index (χ0n) is 6.44. The van der Waals surface area contributed by atoms with E-state index in [1.807, 2.05) is 24.3 Å². The van der Waals surface area contributed by atoms with E-state index >= 15 is 0 Å². The maximum Gasteiger partial charge on any atom is 0.323 e. The molecule has 0 fully saturated rings. The van der Waals surface area contributed by atoms with Crippen molar-refractivity contribution in [3.05, 3.63) is 34.7 Å². The van der Waals surface area contributed by atoms with Crippen molar-refractivity contribution in [1.29, 1.82) is 0 Å². The van der Waals surface area contributed by atoms with Crippen LogP contribution >= 0.6 is 37.2 Å². The third-order valence-corrected chi connectivity index (χ3v) is 1.42. The Bertz CT molecular complexity index is 373. The van der Waals surface area contributed by atoms with E-state index in [0.717, 1.165) is 11.0 Å². The lowest BCUT2D eigenvalue weighted by molar-refractivity contribution is 1.22. The summed E-state index contributed by atoms with van der Waals surface area (Å²) < 4.78 is 0. The summed E-state index contributed by atoms with van der Waals surface area (Å²) in [6.45, 7) is 0. The zero-order valence-corrected chi connectivity index (χ0v) is 8.89. The molecule has 0 saturated heterocycles. The topological polar surface area (TPSA) is 48.6 Å². The molecule has 2 N–H and O–H groups in total. The minimum atomic E-state index is -0.152.